The van der Waals surface area contributed by atoms with E-state index in [1.165, 1.54) is 12.1 Å². The molecule has 4 nitrogen and oxygen atoms in total. The average Bonchev–Trinajstić information content (AvgIpc) is 2.36. The van der Waals surface area contributed by atoms with E-state index in [1.54, 1.807) is 0 Å². The molecule has 1 aliphatic rings. The minimum atomic E-state index is -4.59. The lowest BCUT2D eigenvalue weighted by atomic mass is 10.1. The van der Waals surface area contributed by atoms with Gasteiger partial charge < -0.3 is 5.32 Å². The summed E-state index contributed by atoms with van der Waals surface area (Å²) in [6.07, 6.45) is -3.44. The molecule has 1 heterocycles. The fourth-order valence-electron chi connectivity index (χ4n) is 2.35. The topological polar surface area (TPSA) is 70.0 Å². The highest BCUT2D eigenvalue weighted by molar-refractivity contribution is 7.91. The highest BCUT2D eigenvalue weighted by atomic mass is 32.2. The lowest BCUT2D eigenvalue weighted by molar-refractivity contribution is -0.137. The second-order valence-electron chi connectivity index (χ2n) is 4.97. The SMILES string of the molecule is N#Cc1cc(NC2CCCS(=O)(=O)C2)ccc1C(F)(F)F. The molecule has 1 saturated heterocycles. The van der Waals surface area contributed by atoms with Crippen molar-refractivity contribution >= 4 is 15.5 Å². The van der Waals surface area contributed by atoms with Crippen LogP contribution in [0.15, 0.2) is 18.2 Å². The van der Waals surface area contributed by atoms with Crippen molar-refractivity contribution < 1.29 is 21.6 Å². The zero-order valence-electron chi connectivity index (χ0n) is 10.9. The van der Waals surface area contributed by atoms with Crippen molar-refractivity contribution in [3.63, 3.8) is 0 Å². The van der Waals surface area contributed by atoms with E-state index >= 15 is 0 Å². The van der Waals surface area contributed by atoms with Crippen LogP contribution >= 0.6 is 0 Å². The summed E-state index contributed by atoms with van der Waals surface area (Å²) in [6, 6.07) is 4.32. The Morgan fingerprint density at radius 3 is 2.62 bits per heavy atom. The minimum Gasteiger partial charge on any atom is -0.381 e. The predicted octanol–water partition coefficient (Wildman–Crippen LogP) is 2.57. The van der Waals surface area contributed by atoms with Gasteiger partial charge in [-0.15, -0.1) is 0 Å². The van der Waals surface area contributed by atoms with Crippen LogP contribution in [0, 0.1) is 11.3 Å². The van der Waals surface area contributed by atoms with Crippen LogP contribution in [0.1, 0.15) is 24.0 Å². The smallest absolute Gasteiger partial charge is 0.381 e. The molecule has 8 heteroatoms. The van der Waals surface area contributed by atoms with Crippen LogP contribution in [0.4, 0.5) is 18.9 Å². The van der Waals surface area contributed by atoms with Crippen molar-refractivity contribution in [2.24, 2.45) is 0 Å². The highest BCUT2D eigenvalue weighted by Crippen LogP contribution is 2.33. The number of sulfone groups is 1. The molecule has 2 rings (SSSR count). The van der Waals surface area contributed by atoms with Crippen LogP contribution < -0.4 is 5.32 Å². The molecule has 0 bridgehead atoms. The number of rotatable bonds is 2. The third kappa shape index (κ3) is 3.88. The lowest BCUT2D eigenvalue weighted by Gasteiger charge is -2.24. The van der Waals surface area contributed by atoms with Gasteiger partial charge in [-0.3, -0.25) is 0 Å². The Kier molecular flexibility index (Phi) is 4.14. The molecular weight excluding hydrogens is 305 g/mol. The second-order valence-corrected chi connectivity index (χ2v) is 7.20. The van der Waals surface area contributed by atoms with Crippen LogP contribution in [-0.2, 0) is 16.0 Å². The van der Waals surface area contributed by atoms with Crippen molar-refractivity contribution in [2.75, 3.05) is 16.8 Å². The Morgan fingerprint density at radius 2 is 2.05 bits per heavy atom. The van der Waals surface area contributed by atoms with E-state index < -0.39 is 27.1 Å². The first-order valence-corrected chi connectivity index (χ1v) is 8.12. The molecule has 0 aromatic heterocycles. The highest BCUT2D eigenvalue weighted by Gasteiger charge is 2.33. The molecule has 0 aliphatic carbocycles. The van der Waals surface area contributed by atoms with Crippen LogP contribution in [-0.4, -0.2) is 26.0 Å². The summed E-state index contributed by atoms with van der Waals surface area (Å²) in [5.74, 6) is 0.0948. The van der Waals surface area contributed by atoms with Gasteiger partial charge in [-0.1, -0.05) is 0 Å². The Balaban J connectivity index is 2.21. The van der Waals surface area contributed by atoms with Gasteiger partial charge in [0.25, 0.3) is 0 Å². The first-order chi connectivity index (χ1) is 9.71. The summed E-state index contributed by atoms with van der Waals surface area (Å²) in [7, 11) is -3.11. The number of hydrogen-bond donors (Lipinski definition) is 1. The summed E-state index contributed by atoms with van der Waals surface area (Å²) in [5, 5.41) is 11.7. The van der Waals surface area contributed by atoms with E-state index in [-0.39, 0.29) is 17.5 Å². The Bertz CT molecular complexity index is 678. The molecular formula is C13H13F3N2O2S. The monoisotopic (exact) mass is 318 g/mol. The van der Waals surface area contributed by atoms with Gasteiger partial charge in [-0.25, -0.2) is 8.42 Å². The van der Waals surface area contributed by atoms with Gasteiger partial charge in [-0.05, 0) is 31.0 Å². The Morgan fingerprint density at radius 1 is 1.33 bits per heavy atom. The molecule has 1 aliphatic heterocycles. The lowest BCUT2D eigenvalue weighted by Crippen LogP contribution is -2.34. The van der Waals surface area contributed by atoms with Crippen molar-refractivity contribution in [1.29, 1.82) is 5.26 Å². The molecule has 1 fully saturated rings. The standard InChI is InChI=1S/C13H13F3N2O2S/c14-13(15,16)12-4-3-10(6-9(12)7-17)18-11-2-1-5-21(19,20)8-11/h3-4,6,11,18H,1-2,5,8H2. The quantitative estimate of drug-likeness (QED) is 0.910. The molecule has 114 valence electrons. The molecule has 1 N–H and O–H groups in total. The molecule has 21 heavy (non-hydrogen) atoms. The third-order valence-corrected chi connectivity index (χ3v) is 5.10. The van der Waals surface area contributed by atoms with E-state index in [4.69, 9.17) is 5.26 Å². The summed E-state index contributed by atoms with van der Waals surface area (Å²) in [5.41, 5.74) is -1.15. The normalized spacial score (nSPS) is 21.5. The maximum absolute atomic E-state index is 12.7. The van der Waals surface area contributed by atoms with E-state index in [9.17, 15) is 21.6 Å². The number of benzene rings is 1. The Labute approximate surface area is 120 Å². The molecule has 0 spiro atoms. The van der Waals surface area contributed by atoms with Gasteiger partial charge in [0.05, 0.1) is 28.7 Å². The maximum Gasteiger partial charge on any atom is 0.417 e. The first kappa shape index (κ1) is 15.6. The van der Waals surface area contributed by atoms with E-state index in [1.807, 2.05) is 0 Å². The first-order valence-electron chi connectivity index (χ1n) is 6.29. The third-order valence-electron chi connectivity index (χ3n) is 3.28. The van der Waals surface area contributed by atoms with Crippen molar-refractivity contribution in [3.05, 3.63) is 29.3 Å². The number of alkyl halides is 3. The molecule has 1 unspecified atom stereocenters. The molecule has 0 radical (unpaired) electrons. The predicted molar refractivity (Wildman–Crippen MR) is 71.5 cm³/mol. The van der Waals surface area contributed by atoms with Gasteiger partial charge in [0.15, 0.2) is 9.84 Å². The van der Waals surface area contributed by atoms with Crippen LogP contribution in [0.25, 0.3) is 0 Å². The Hall–Kier alpha value is -1.75. The van der Waals surface area contributed by atoms with Crippen molar-refractivity contribution in [1.82, 2.24) is 0 Å². The second kappa shape index (κ2) is 5.56. The maximum atomic E-state index is 12.7. The van der Waals surface area contributed by atoms with Crippen LogP contribution in [0.3, 0.4) is 0 Å². The fourth-order valence-corrected chi connectivity index (χ4v) is 3.98. The van der Waals surface area contributed by atoms with E-state index in [2.05, 4.69) is 5.32 Å². The molecule has 1 aromatic rings. The van der Waals surface area contributed by atoms with Gasteiger partial charge in [0.2, 0.25) is 0 Å². The van der Waals surface area contributed by atoms with Crippen LogP contribution in [0.5, 0.6) is 0 Å². The number of nitrogens with one attached hydrogen (secondary N) is 1. The van der Waals surface area contributed by atoms with Gasteiger partial charge in [-0.2, -0.15) is 18.4 Å². The number of halogens is 3. The zero-order valence-corrected chi connectivity index (χ0v) is 11.8. The summed E-state index contributed by atoms with van der Waals surface area (Å²) >= 11 is 0. The fraction of sp³-hybridized carbons (Fsp3) is 0.462. The summed E-state index contributed by atoms with van der Waals surface area (Å²) < 4.78 is 61.1. The van der Waals surface area contributed by atoms with Gasteiger partial charge in [0.1, 0.15) is 0 Å². The zero-order chi connectivity index (χ0) is 15.7. The van der Waals surface area contributed by atoms with Crippen molar-refractivity contribution in [3.8, 4) is 6.07 Å². The van der Waals surface area contributed by atoms with Gasteiger partial charge >= 0.3 is 6.18 Å². The molecule has 1 atom stereocenters. The van der Waals surface area contributed by atoms with Crippen LogP contribution in [0.2, 0.25) is 0 Å². The number of anilines is 1. The molecule has 0 saturated carbocycles. The van der Waals surface area contributed by atoms with E-state index in [0.29, 0.717) is 18.5 Å². The summed E-state index contributed by atoms with van der Waals surface area (Å²) in [4.78, 5) is 0. The molecule has 0 amide bonds. The largest absolute Gasteiger partial charge is 0.417 e. The number of nitriles is 1. The number of hydrogen-bond acceptors (Lipinski definition) is 4. The van der Waals surface area contributed by atoms with Crippen molar-refractivity contribution in [2.45, 2.75) is 25.1 Å². The van der Waals surface area contributed by atoms with E-state index in [0.717, 1.165) is 12.1 Å². The average molecular weight is 318 g/mol. The number of nitrogens with zero attached hydrogens (tertiary/aromatic N) is 1. The summed E-state index contributed by atoms with van der Waals surface area (Å²) in [6.45, 7) is 0. The molecule has 1 aromatic carbocycles. The minimum absolute atomic E-state index is 0.0457. The van der Waals surface area contributed by atoms with Gasteiger partial charge in [0, 0.05) is 11.7 Å².